The van der Waals surface area contributed by atoms with E-state index in [9.17, 15) is 14.7 Å². The number of ketones is 1. The van der Waals surface area contributed by atoms with Gasteiger partial charge in [-0.25, -0.2) is 0 Å². The lowest BCUT2D eigenvalue weighted by molar-refractivity contribution is -0.139. The Morgan fingerprint density at radius 1 is 1.10 bits per heavy atom. The van der Waals surface area contributed by atoms with Gasteiger partial charge in [0.25, 0.3) is 11.7 Å². The van der Waals surface area contributed by atoms with E-state index in [1.807, 2.05) is 52.0 Å². The first-order valence-electron chi connectivity index (χ1n) is 10.5. The number of benzene rings is 2. The zero-order chi connectivity index (χ0) is 21.8. The summed E-state index contributed by atoms with van der Waals surface area (Å²) >= 11 is 0. The van der Waals surface area contributed by atoms with Gasteiger partial charge in [-0.1, -0.05) is 43.2 Å². The number of aryl methyl sites for hydroxylation is 2. The molecule has 1 unspecified atom stereocenters. The van der Waals surface area contributed by atoms with Crippen molar-refractivity contribution in [3.8, 4) is 5.75 Å². The van der Waals surface area contributed by atoms with Crippen molar-refractivity contribution in [2.75, 3.05) is 13.2 Å². The topological polar surface area (TPSA) is 66.8 Å². The maximum absolute atomic E-state index is 13.0. The van der Waals surface area contributed by atoms with E-state index in [0.717, 1.165) is 35.3 Å². The fourth-order valence-electron chi connectivity index (χ4n) is 3.90. The van der Waals surface area contributed by atoms with Crippen molar-refractivity contribution in [3.05, 3.63) is 70.3 Å². The largest absolute Gasteiger partial charge is 0.507 e. The second-order valence-electron chi connectivity index (χ2n) is 7.67. The van der Waals surface area contributed by atoms with E-state index in [2.05, 4.69) is 0 Å². The van der Waals surface area contributed by atoms with Crippen LogP contribution in [0.3, 0.4) is 0 Å². The first kappa shape index (κ1) is 21.6. The Labute approximate surface area is 178 Å². The van der Waals surface area contributed by atoms with Crippen LogP contribution in [-0.4, -0.2) is 34.8 Å². The molecule has 2 aromatic rings. The summed E-state index contributed by atoms with van der Waals surface area (Å²) in [5, 5.41) is 11.1. The molecule has 5 nitrogen and oxygen atoms in total. The summed E-state index contributed by atoms with van der Waals surface area (Å²) in [7, 11) is 0. The summed E-state index contributed by atoms with van der Waals surface area (Å²) in [6.07, 6.45) is 1.69. The number of nitrogens with zero attached hydrogens (tertiary/aromatic N) is 1. The molecule has 0 saturated carbocycles. The maximum Gasteiger partial charge on any atom is 0.295 e. The van der Waals surface area contributed by atoms with E-state index in [1.54, 1.807) is 23.1 Å². The number of ether oxygens (including phenoxy) is 1. The molecule has 1 heterocycles. The number of likely N-dealkylation sites (tertiary alicyclic amines) is 1. The van der Waals surface area contributed by atoms with Gasteiger partial charge in [-0.15, -0.1) is 0 Å². The van der Waals surface area contributed by atoms with Gasteiger partial charge in [-0.2, -0.15) is 0 Å². The van der Waals surface area contributed by atoms with Crippen molar-refractivity contribution in [2.24, 2.45) is 0 Å². The molecule has 1 amide bonds. The Hall–Kier alpha value is -3.08. The average molecular weight is 408 g/mol. The zero-order valence-corrected chi connectivity index (χ0v) is 18.1. The molecule has 1 aliphatic heterocycles. The Kier molecular flexibility index (Phi) is 6.60. The number of aliphatic hydroxyl groups is 1. The van der Waals surface area contributed by atoms with Gasteiger partial charge in [0.05, 0.1) is 18.2 Å². The first-order valence-corrected chi connectivity index (χ1v) is 10.5. The second kappa shape index (κ2) is 9.16. The molecular weight excluding hydrogens is 378 g/mol. The molecule has 0 bridgehead atoms. The minimum atomic E-state index is -0.637. The van der Waals surface area contributed by atoms with Crippen molar-refractivity contribution < 1.29 is 19.4 Å². The molecule has 0 aliphatic carbocycles. The number of hydrogen-bond acceptors (Lipinski definition) is 4. The summed E-state index contributed by atoms with van der Waals surface area (Å²) in [4.78, 5) is 27.4. The molecule has 0 aromatic heterocycles. The lowest BCUT2D eigenvalue weighted by atomic mass is 9.94. The van der Waals surface area contributed by atoms with Crippen LogP contribution >= 0.6 is 0 Å². The van der Waals surface area contributed by atoms with Gasteiger partial charge in [0.2, 0.25) is 0 Å². The first-order chi connectivity index (χ1) is 14.4. The highest BCUT2D eigenvalue weighted by Crippen LogP contribution is 2.40. The maximum atomic E-state index is 13.0. The molecule has 1 atom stereocenters. The lowest BCUT2D eigenvalue weighted by Gasteiger charge is -2.25. The van der Waals surface area contributed by atoms with Gasteiger partial charge in [0, 0.05) is 12.1 Å². The van der Waals surface area contributed by atoms with Crippen LogP contribution in [0.25, 0.3) is 5.76 Å². The molecule has 30 heavy (non-hydrogen) atoms. The fourth-order valence-corrected chi connectivity index (χ4v) is 3.90. The second-order valence-corrected chi connectivity index (χ2v) is 7.67. The predicted molar refractivity (Wildman–Crippen MR) is 117 cm³/mol. The summed E-state index contributed by atoms with van der Waals surface area (Å²) in [5.74, 6) is -0.613. The van der Waals surface area contributed by atoms with E-state index < -0.39 is 17.7 Å². The molecule has 1 fully saturated rings. The molecule has 3 rings (SSSR count). The smallest absolute Gasteiger partial charge is 0.295 e. The molecule has 1 N–H and O–H groups in total. The van der Waals surface area contributed by atoms with Gasteiger partial charge in [-0.3, -0.25) is 9.59 Å². The highest BCUT2D eigenvalue weighted by molar-refractivity contribution is 6.46. The number of carbonyl (C=O) groups excluding carboxylic acids is 2. The van der Waals surface area contributed by atoms with Crippen LogP contribution in [0.4, 0.5) is 0 Å². The Balaban J connectivity index is 2.14. The minimum absolute atomic E-state index is 0.144. The van der Waals surface area contributed by atoms with Crippen LogP contribution in [0.15, 0.2) is 48.0 Å². The quantitative estimate of drug-likeness (QED) is 0.402. The number of Topliss-reactive ketones (excluding diaryl/α,β-unsaturated/α-hetero) is 1. The Morgan fingerprint density at radius 2 is 1.87 bits per heavy atom. The van der Waals surface area contributed by atoms with E-state index in [4.69, 9.17) is 4.74 Å². The fraction of sp³-hybridized carbons (Fsp3) is 0.360. The van der Waals surface area contributed by atoms with Crippen molar-refractivity contribution in [3.63, 3.8) is 0 Å². The number of unbranched alkanes of at least 4 members (excludes halogenated alkanes) is 1. The summed E-state index contributed by atoms with van der Waals surface area (Å²) in [6.45, 7) is 8.83. The average Bonchev–Trinajstić information content (AvgIpc) is 2.98. The van der Waals surface area contributed by atoms with Crippen LogP contribution in [0, 0.1) is 13.8 Å². The van der Waals surface area contributed by atoms with Crippen molar-refractivity contribution in [2.45, 2.75) is 46.6 Å². The number of carbonyl (C=O) groups is 2. The van der Waals surface area contributed by atoms with Gasteiger partial charge >= 0.3 is 0 Å². The lowest BCUT2D eigenvalue weighted by Crippen LogP contribution is -2.30. The highest BCUT2D eigenvalue weighted by Gasteiger charge is 2.45. The molecule has 158 valence electrons. The third-order valence-corrected chi connectivity index (χ3v) is 5.40. The van der Waals surface area contributed by atoms with E-state index in [1.165, 1.54) is 0 Å². The molecular formula is C25H29NO4. The number of hydrogen-bond donors (Lipinski definition) is 1. The summed E-state index contributed by atoms with van der Waals surface area (Å²) in [6, 6.07) is 12.4. The van der Waals surface area contributed by atoms with Crippen LogP contribution < -0.4 is 4.74 Å². The third-order valence-electron chi connectivity index (χ3n) is 5.40. The van der Waals surface area contributed by atoms with Crippen LogP contribution in [0.5, 0.6) is 5.75 Å². The standard InChI is InChI=1S/C25H29NO4/c1-5-7-13-26-22(18-10-8-9-16(3)14-18)21(24(28)25(26)29)23(27)19-11-12-20(30-6-2)17(4)15-19/h8-12,14-15,22,27H,5-7,13H2,1-4H3/b23-21-. The van der Waals surface area contributed by atoms with Crippen molar-refractivity contribution in [1.29, 1.82) is 0 Å². The zero-order valence-electron chi connectivity index (χ0n) is 18.1. The molecule has 0 spiro atoms. The van der Waals surface area contributed by atoms with E-state index in [0.29, 0.717) is 18.7 Å². The van der Waals surface area contributed by atoms with E-state index >= 15 is 0 Å². The molecule has 2 aromatic carbocycles. The van der Waals surface area contributed by atoms with Gasteiger partial charge in [-0.05, 0) is 56.5 Å². The Bertz CT molecular complexity index is 992. The van der Waals surface area contributed by atoms with Crippen LogP contribution in [0.1, 0.15) is 55.0 Å². The van der Waals surface area contributed by atoms with Gasteiger partial charge < -0.3 is 14.7 Å². The SMILES string of the molecule is CCCCN1C(=O)C(=O)/C(=C(\O)c2ccc(OCC)c(C)c2)C1c1cccc(C)c1. The third kappa shape index (κ3) is 4.11. The van der Waals surface area contributed by atoms with Crippen molar-refractivity contribution in [1.82, 2.24) is 4.90 Å². The number of aliphatic hydroxyl groups excluding tert-OH is 1. The Morgan fingerprint density at radius 3 is 2.50 bits per heavy atom. The van der Waals surface area contributed by atoms with Crippen LogP contribution in [0.2, 0.25) is 0 Å². The van der Waals surface area contributed by atoms with E-state index in [-0.39, 0.29) is 11.3 Å². The summed E-state index contributed by atoms with van der Waals surface area (Å²) in [5.41, 5.74) is 3.36. The molecule has 1 aliphatic rings. The predicted octanol–water partition coefficient (Wildman–Crippen LogP) is 4.92. The molecule has 5 heteroatoms. The normalized spacial score (nSPS) is 18.1. The van der Waals surface area contributed by atoms with Gasteiger partial charge in [0.1, 0.15) is 11.5 Å². The van der Waals surface area contributed by atoms with Gasteiger partial charge in [0.15, 0.2) is 0 Å². The minimum Gasteiger partial charge on any atom is -0.507 e. The van der Waals surface area contributed by atoms with Crippen molar-refractivity contribution >= 4 is 17.4 Å². The molecule has 1 saturated heterocycles. The number of amides is 1. The summed E-state index contributed by atoms with van der Waals surface area (Å²) < 4.78 is 5.57. The van der Waals surface area contributed by atoms with Crippen LogP contribution in [-0.2, 0) is 9.59 Å². The molecule has 0 radical (unpaired) electrons. The highest BCUT2D eigenvalue weighted by atomic mass is 16.5. The number of rotatable bonds is 7. The monoisotopic (exact) mass is 407 g/mol.